The highest BCUT2D eigenvalue weighted by Gasteiger charge is 2.33. The minimum absolute atomic E-state index is 0.423. The summed E-state index contributed by atoms with van der Waals surface area (Å²) < 4.78 is 20.2. The first-order chi connectivity index (χ1) is 10.2. The maximum absolute atomic E-state index is 12.4. The number of cyclic esters (lactones) is 1. The fourth-order valence-corrected chi connectivity index (χ4v) is 3.29. The third kappa shape index (κ3) is 4.10. The van der Waals surface area contributed by atoms with Gasteiger partial charge in [0.2, 0.25) is 0 Å². The van der Waals surface area contributed by atoms with Crippen LogP contribution in [-0.2, 0) is 20.5 Å². The van der Waals surface area contributed by atoms with Crippen LogP contribution in [-0.4, -0.2) is 21.0 Å². The predicted octanol–water partition coefficient (Wildman–Crippen LogP) is 3.57. The molecule has 0 spiro atoms. The van der Waals surface area contributed by atoms with Crippen molar-refractivity contribution >= 4 is 40.2 Å². The maximum atomic E-state index is 12.4. The summed E-state index contributed by atoms with van der Waals surface area (Å²) in [6.07, 6.45) is 2.41. The molecule has 1 heterocycles. The Balaban J connectivity index is 2.35. The standard InChI is InChI=1S/C15H17Cl2NO3S/c1-15(2,3)22(20)18-14(12-6-7-13(19)21-12)10-5-4-9(16)8-11(10)17/h4-8,12,14,18H,1-3H3/t12-,14+,22?/m0/s1. The molecule has 1 N–H and O–H groups in total. The van der Waals surface area contributed by atoms with Crippen molar-refractivity contribution < 1.29 is 13.7 Å². The van der Waals surface area contributed by atoms with Crippen LogP contribution in [0.15, 0.2) is 30.4 Å². The second-order valence-corrected chi connectivity index (χ2v) is 8.74. The Morgan fingerprint density at radius 3 is 2.50 bits per heavy atom. The minimum Gasteiger partial charge on any atom is -0.453 e. The first-order valence-corrected chi connectivity index (χ1v) is 8.61. The quantitative estimate of drug-likeness (QED) is 0.834. The summed E-state index contributed by atoms with van der Waals surface area (Å²) in [6, 6.07) is 4.51. The molecule has 1 aliphatic rings. The Morgan fingerprint density at radius 1 is 1.32 bits per heavy atom. The molecule has 2 rings (SSSR count). The van der Waals surface area contributed by atoms with Gasteiger partial charge in [0.1, 0.15) is 6.10 Å². The lowest BCUT2D eigenvalue weighted by molar-refractivity contribution is -0.139. The minimum atomic E-state index is -1.36. The largest absolute Gasteiger partial charge is 0.453 e. The topological polar surface area (TPSA) is 55.4 Å². The molecule has 120 valence electrons. The van der Waals surface area contributed by atoms with Crippen LogP contribution in [0.25, 0.3) is 0 Å². The smallest absolute Gasteiger partial charge is 0.331 e. The maximum Gasteiger partial charge on any atom is 0.331 e. The van der Waals surface area contributed by atoms with Gasteiger partial charge in [-0.1, -0.05) is 29.3 Å². The van der Waals surface area contributed by atoms with Crippen molar-refractivity contribution in [3.8, 4) is 0 Å². The van der Waals surface area contributed by atoms with Crippen LogP contribution in [0.4, 0.5) is 0 Å². The molecule has 22 heavy (non-hydrogen) atoms. The monoisotopic (exact) mass is 361 g/mol. The summed E-state index contributed by atoms with van der Waals surface area (Å²) in [7, 11) is -1.36. The van der Waals surface area contributed by atoms with Crippen LogP contribution in [0.2, 0.25) is 10.0 Å². The number of benzene rings is 1. The van der Waals surface area contributed by atoms with Crippen molar-refractivity contribution in [3.63, 3.8) is 0 Å². The van der Waals surface area contributed by atoms with Crippen molar-refractivity contribution in [1.82, 2.24) is 4.72 Å². The highest BCUT2D eigenvalue weighted by molar-refractivity contribution is 7.84. The van der Waals surface area contributed by atoms with E-state index >= 15 is 0 Å². The molecule has 7 heteroatoms. The van der Waals surface area contributed by atoms with E-state index in [-0.39, 0.29) is 0 Å². The van der Waals surface area contributed by atoms with E-state index in [1.807, 2.05) is 20.8 Å². The van der Waals surface area contributed by atoms with Crippen molar-refractivity contribution in [2.24, 2.45) is 0 Å². The Labute approximate surface area is 142 Å². The first-order valence-electron chi connectivity index (χ1n) is 6.70. The molecule has 3 atom stereocenters. The predicted molar refractivity (Wildman–Crippen MR) is 89.3 cm³/mol. The zero-order valence-electron chi connectivity index (χ0n) is 12.4. The molecule has 1 unspecified atom stereocenters. The molecular formula is C15H17Cl2NO3S. The molecular weight excluding hydrogens is 345 g/mol. The number of hydrogen-bond acceptors (Lipinski definition) is 3. The summed E-state index contributed by atoms with van der Waals surface area (Å²) >= 11 is 12.2. The van der Waals surface area contributed by atoms with Gasteiger partial charge in [0.05, 0.1) is 21.8 Å². The van der Waals surface area contributed by atoms with E-state index in [0.29, 0.717) is 15.6 Å². The SMILES string of the molecule is CC(C)(C)S(=O)N[C@H](c1ccc(Cl)cc1Cl)[C@@H]1C=CC(=O)O1. The van der Waals surface area contributed by atoms with E-state index in [0.717, 1.165) is 0 Å². The summed E-state index contributed by atoms with van der Waals surface area (Å²) in [4.78, 5) is 11.3. The average molecular weight is 362 g/mol. The zero-order chi connectivity index (χ0) is 16.5. The number of esters is 1. The van der Waals surface area contributed by atoms with Crippen LogP contribution in [0.3, 0.4) is 0 Å². The second-order valence-electron chi connectivity index (χ2n) is 5.90. The third-order valence-electron chi connectivity index (χ3n) is 3.09. The Hall–Kier alpha value is -0.880. The van der Waals surface area contributed by atoms with Gasteiger partial charge in [-0.2, -0.15) is 0 Å². The highest BCUT2D eigenvalue weighted by Crippen LogP contribution is 2.32. The molecule has 0 fully saturated rings. The van der Waals surface area contributed by atoms with Crippen molar-refractivity contribution in [2.75, 3.05) is 0 Å². The van der Waals surface area contributed by atoms with Gasteiger partial charge in [0.15, 0.2) is 0 Å². The van der Waals surface area contributed by atoms with Crippen molar-refractivity contribution in [2.45, 2.75) is 37.7 Å². The van der Waals surface area contributed by atoms with Gasteiger partial charge in [-0.3, -0.25) is 0 Å². The van der Waals surface area contributed by atoms with Gasteiger partial charge in [0, 0.05) is 16.1 Å². The molecule has 0 amide bonds. The summed E-state index contributed by atoms with van der Waals surface area (Å²) in [5.41, 5.74) is 0.674. The zero-order valence-corrected chi connectivity index (χ0v) is 14.8. The van der Waals surface area contributed by atoms with E-state index < -0.39 is 33.8 Å². The van der Waals surface area contributed by atoms with E-state index in [1.54, 1.807) is 24.3 Å². The fraction of sp³-hybridized carbons (Fsp3) is 0.400. The molecule has 1 aliphatic heterocycles. The number of nitrogens with one attached hydrogen (secondary N) is 1. The van der Waals surface area contributed by atoms with E-state index in [1.165, 1.54) is 6.08 Å². The molecule has 0 aromatic heterocycles. The molecule has 0 radical (unpaired) electrons. The lowest BCUT2D eigenvalue weighted by Crippen LogP contribution is -2.40. The molecule has 1 aromatic carbocycles. The number of hydrogen-bond donors (Lipinski definition) is 1. The van der Waals surface area contributed by atoms with Crippen molar-refractivity contribution in [3.05, 3.63) is 46.0 Å². The second kappa shape index (κ2) is 6.71. The fourth-order valence-electron chi connectivity index (χ4n) is 1.92. The van der Waals surface area contributed by atoms with Gasteiger partial charge in [-0.15, -0.1) is 0 Å². The number of ether oxygens (including phenoxy) is 1. The van der Waals surface area contributed by atoms with Crippen LogP contribution >= 0.6 is 23.2 Å². The molecule has 0 saturated heterocycles. The lowest BCUT2D eigenvalue weighted by Gasteiger charge is -2.28. The Kier molecular flexibility index (Phi) is 5.33. The molecule has 0 aliphatic carbocycles. The molecule has 0 saturated carbocycles. The normalized spacial score (nSPS) is 20.8. The van der Waals surface area contributed by atoms with Gasteiger partial charge in [-0.25, -0.2) is 13.7 Å². The molecule has 1 aromatic rings. The summed E-state index contributed by atoms with van der Waals surface area (Å²) in [5.74, 6) is -0.427. The summed E-state index contributed by atoms with van der Waals surface area (Å²) in [5, 5.41) is 0.927. The molecule has 0 bridgehead atoms. The number of halogens is 2. The molecule has 4 nitrogen and oxygen atoms in total. The Morgan fingerprint density at radius 2 is 2.00 bits per heavy atom. The lowest BCUT2D eigenvalue weighted by atomic mass is 10.0. The van der Waals surface area contributed by atoms with Crippen LogP contribution < -0.4 is 4.72 Å². The Bertz CT molecular complexity index is 640. The van der Waals surface area contributed by atoms with Gasteiger partial charge in [0.25, 0.3) is 0 Å². The van der Waals surface area contributed by atoms with Crippen LogP contribution in [0.1, 0.15) is 32.4 Å². The van der Waals surface area contributed by atoms with Gasteiger partial charge in [-0.05, 0) is 44.5 Å². The third-order valence-corrected chi connectivity index (χ3v) is 5.23. The number of rotatable bonds is 4. The van der Waals surface area contributed by atoms with Gasteiger partial charge < -0.3 is 4.74 Å². The first kappa shape index (κ1) is 17.5. The summed E-state index contributed by atoms with van der Waals surface area (Å²) in [6.45, 7) is 5.56. The average Bonchev–Trinajstić information content (AvgIpc) is 2.82. The van der Waals surface area contributed by atoms with Crippen LogP contribution in [0, 0.1) is 0 Å². The van der Waals surface area contributed by atoms with Crippen LogP contribution in [0.5, 0.6) is 0 Å². The highest BCUT2D eigenvalue weighted by atomic mass is 35.5. The number of carbonyl (C=O) groups excluding carboxylic acids is 1. The number of carbonyl (C=O) groups is 1. The van der Waals surface area contributed by atoms with E-state index in [4.69, 9.17) is 27.9 Å². The van der Waals surface area contributed by atoms with E-state index in [9.17, 15) is 9.00 Å². The van der Waals surface area contributed by atoms with E-state index in [2.05, 4.69) is 4.72 Å². The van der Waals surface area contributed by atoms with Gasteiger partial charge >= 0.3 is 5.97 Å². The van der Waals surface area contributed by atoms with Crippen molar-refractivity contribution in [1.29, 1.82) is 0 Å².